The minimum Gasteiger partial charge on any atom is -0.408 e. The number of rotatable bonds is 5. The monoisotopic (exact) mass is 351 g/mol. The number of hydrogen-bond donors (Lipinski definition) is 2. The fourth-order valence-electron chi connectivity index (χ4n) is 3.25. The summed E-state index contributed by atoms with van der Waals surface area (Å²) in [6.07, 6.45) is 3.13. The van der Waals surface area contributed by atoms with Gasteiger partial charge in [-0.1, -0.05) is 30.3 Å². The molecule has 1 aromatic heterocycles. The molecule has 2 N–H and O–H groups in total. The molecule has 3 aromatic rings. The van der Waals surface area contributed by atoms with Gasteiger partial charge in [0.05, 0.1) is 5.52 Å². The minimum absolute atomic E-state index is 0.121. The van der Waals surface area contributed by atoms with Crippen LogP contribution < -0.4 is 16.4 Å². The zero-order chi connectivity index (χ0) is 18.1. The van der Waals surface area contributed by atoms with Crippen LogP contribution in [0.1, 0.15) is 18.4 Å². The molecule has 1 aliphatic carbocycles. The van der Waals surface area contributed by atoms with Gasteiger partial charge >= 0.3 is 11.8 Å². The Morgan fingerprint density at radius 2 is 2.00 bits per heavy atom. The highest BCUT2D eigenvalue weighted by molar-refractivity contribution is 5.91. The second-order valence-corrected chi connectivity index (χ2v) is 6.84. The number of nitrogens with zero attached hydrogens (tertiary/aromatic N) is 1. The standard InChI is InChI=1S/C20H21N3O3/c1-23-17-10-9-15(12-18(17)26-20(23)25)21-19(24)22-16(14-7-8-14)11-13-5-3-2-4-6-13/h2-6,9-10,12,14,16H,7-8,11H2,1H3,(H2,21,22,24). The van der Waals surface area contributed by atoms with E-state index in [1.807, 2.05) is 18.2 Å². The quantitative estimate of drug-likeness (QED) is 0.741. The van der Waals surface area contributed by atoms with E-state index in [9.17, 15) is 9.59 Å². The summed E-state index contributed by atoms with van der Waals surface area (Å²) in [4.78, 5) is 24.0. The molecular formula is C20H21N3O3. The Labute approximate surface area is 150 Å². The summed E-state index contributed by atoms with van der Waals surface area (Å²) in [7, 11) is 1.65. The van der Waals surface area contributed by atoms with Crippen molar-refractivity contribution >= 4 is 22.8 Å². The van der Waals surface area contributed by atoms with E-state index in [2.05, 4.69) is 22.8 Å². The predicted octanol–water partition coefficient (Wildman–Crippen LogP) is 3.27. The van der Waals surface area contributed by atoms with Gasteiger partial charge in [0.1, 0.15) is 0 Å². The first-order valence-electron chi connectivity index (χ1n) is 8.81. The first-order chi connectivity index (χ1) is 12.6. The van der Waals surface area contributed by atoms with E-state index in [-0.39, 0.29) is 12.1 Å². The maximum atomic E-state index is 12.4. The Hall–Kier alpha value is -3.02. The Bertz CT molecular complexity index is 986. The van der Waals surface area contributed by atoms with Crippen LogP contribution in [-0.2, 0) is 13.5 Å². The van der Waals surface area contributed by atoms with Gasteiger partial charge in [-0.05, 0) is 42.9 Å². The lowest BCUT2D eigenvalue weighted by atomic mass is 10.0. The Kier molecular flexibility index (Phi) is 4.24. The van der Waals surface area contributed by atoms with Crippen molar-refractivity contribution in [2.24, 2.45) is 13.0 Å². The minimum atomic E-state index is -0.418. The molecular weight excluding hydrogens is 330 g/mol. The number of fused-ring (bicyclic) bond motifs is 1. The molecule has 0 spiro atoms. The van der Waals surface area contributed by atoms with E-state index < -0.39 is 5.76 Å². The van der Waals surface area contributed by atoms with Crippen LogP contribution >= 0.6 is 0 Å². The fourth-order valence-corrected chi connectivity index (χ4v) is 3.25. The molecule has 6 nitrogen and oxygen atoms in total. The third-order valence-electron chi connectivity index (χ3n) is 4.86. The molecule has 1 heterocycles. The van der Waals surface area contributed by atoms with Crippen molar-refractivity contribution < 1.29 is 9.21 Å². The molecule has 0 saturated heterocycles. The highest BCUT2D eigenvalue weighted by Crippen LogP contribution is 2.34. The summed E-state index contributed by atoms with van der Waals surface area (Å²) in [5, 5.41) is 5.93. The summed E-state index contributed by atoms with van der Waals surface area (Å²) in [5.41, 5.74) is 2.97. The van der Waals surface area contributed by atoms with Crippen molar-refractivity contribution in [3.63, 3.8) is 0 Å². The van der Waals surface area contributed by atoms with Crippen LogP contribution in [0.25, 0.3) is 11.1 Å². The lowest BCUT2D eigenvalue weighted by molar-refractivity contribution is 0.246. The second kappa shape index (κ2) is 6.71. The largest absolute Gasteiger partial charge is 0.419 e. The molecule has 26 heavy (non-hydrogen) atoms. The van der Waals surface area contributed by atoms with E-state index in [4.69, 9.17) is 4.42 Å². The number of aryl methyl sites for hydroxylation is 1. The number of urea groups is 1. The summed E-state index contributed by atoms with van der Waals surface area (Å²) < 4.78 is 6.60. The molecule has 1 atom stereocenters. The number of carbonyl (C=O) groups excluding carboxylic acids is 1. The molecule has 0 radical (unpaired) electrons. The van der Waals surface area contributed by atoms with Crippen LogP contribution in [0.2, 0.25) is 0 Å². The average molecular weight is 351 g/mol. The van der Waals surface area contributed by atoms with Gasteiger partial charge in [-0.2, -0.15) is 0 Å². The van der Waals surface area contributed by atoms with Crippen molar-refractivity contribution in [1.29, 1.82) is 0 Å². The third-order valence-corrected chi connectivity index (χ3v) is 4.86. The SMILES string of the molecule is Cn1c(=O)oc2cc(NC(=O)NC(Cc3ccccc3)C3CC3)ccc21. The molecule has 1 unspecified atom stereocenters. The van der Waals surface area contributed by atoms with E-state index >= 15 is 0 Å². The van der Waals surface area contributed by atoms with E-state index in [0.717, 1.165) is 19.3 Å². The fraction of sp³-hybridized carbons (Fsp3) is 0.300. The Morgan fingerprint density at radius 1 is 1.23 bits per heavy atom. The maximum Gasteiger partial charge on any atom is 0.419 e. The molecule has 2 aromatic carbocycles. The zero-order valence-corrected chi connectivity index (χ0v) is 14.6. The number of oxazole rings is 1. The van der Waals surface area contributed by atoms with Crippen LogP contribution in [0.5, 0.6) is 0 Å². The average Bonchev–Trinajstić information content (AvgIpc) is 3.43. The highest BCUT2D eigenvalue weighted by Gasteiger charge is 2.32. The first-order valence-corrected chi connectivity index (χ1v) is 8.81. The van der Waals surface area contributed by atoms with Gasteiger partial charge in [-0.3, -0.25) is 4.57 Å². The normalized spacial score (nSPS) is 15.0. The van der Waals surface area contributed by atoms with Gasteiger partial charge in [0.2, 0.25) is 0 Å². The predicted molar refractivity (Wildman–Crippen MR) is 100 cm³/mol. The van der Waals surface area contributed by atoms with E-state index in [1.54, 1.807) is 25.2 Å². The van der Waals surface area contributed by atoms with E-state index in [1.165, 1.54) is 10.1 Å². The van der Waals surface area contributed by atoms with Crippen molar-refractivity contribution in [2.45, 2.75) is 25.3 Å². The van der Waals surface area contributed by atoms with Crippen molar-refractivity contribution in [3.8, 4) is 0 Å². The third kappa shape index (κ3) is 3.49. The van der Waals surface area contributed by atoms with Gasteiger partial charge in [0, 0.05) is 24.8 Å². The van der Waals surface area contributed by atoms with Gasteiger partial charge in [0.15, 0.2) is 5.58 Å². The molecule has 6 heteroatoms. The molecule has 2 amide bonds. The van der Waals surface area contributed by atoms with Gasteiger partial charge in [-0.25, -0.2) is 9.59 Å². The van der Waals surface area contributed by atoms with Crippen molar-refractivity contribution in [3.05, 3.63) is 64.6 Å². The number of amides is 2. The number of aromatic nitrogens is 1. The lowest BCUT2D eigenvalue weighted by Gasteiger charge is -2.19. The van der Waals surface area contributed by atoms with Crippen LogP contribution in [0.4, 0.5) is 10.5 Å². The zero-order valence-electron chi connectivity index (χ0n) is 14.6. The van der Waals surface area contributed by atoms with Gasteiger partial charge < -0.3 is 15.1 Å². The smallest absolute Gasteiger partial charge is 0.408 e. The van der Waals surface area contributed by atoms with E-state index in [0.29, 0.717) is 22.7 Å². The van der Waals surface area contributed by atoms with Crippen molar-refractivity contribution in [2.75, 3.05) is 5.32 Å². The number of benzene rings is 2. The maximum absolute atomic E-state index is 12.4. The summed E-state index contributed by atoms with van der Waals surface area (Å²) in [5.74, 6) is 0.119. The van der Waals surface area contributed by atoms with Crippen LogP contribution in [0, 0.1) is 5.92 Å². The summed E-state index contributed by atoms with van der Waals surface area (Å²) in [6, 6.07) is 15.3. The molecule has 1 fully saturated rings. The lowest BCUT2D eigenvalue weighted by Crippen LogP contribution is -2.40. The van der Waals surface area contributed by atoms with Crippen molar-refractivity contribution in [1.82, 2.24) is 9.88 Å². The first kappa shape index (κ1) is 16.4. The molecule has 0 bridgehead atoms. The summed E-state index contributed by atoms with van der Waals surface area (Å²) in [6.45, 7) is 0. The topological polar surface area (TPSA) is 76.3 Å². The molecule has 0 aliphatic heterocycles. The number of nitrogens with one attached hydrogen (secondary N) is 2. The number of hydrogen-bond acceptors (Lipinski definition) is 3. The Balaban J connectivity index is 1.44. The summed E-state index contributed by atoms with van der Waals surface area (Å²) >= 11 is 0. The number of carbonyl (C=O) groups is 1. The van der Waals surface area contributed by atoms with Gasteiger partial charge in [0.25, 0.3) is 0 Å². The Morgan fingerprint density at radius 3 is 2.73 bits per heavy atom. The van der Waals surface area contributed by atoms with Crippen LogP contribution in [0.3, 0.4) is 0 Å². The molecule has 134 valence electrons. The molecule has 1 aliphatic rings. The molecule has 1 saturated carbocycles. The molecule has 4 rings (SSSR count). The highest BCUT2D eigenvalue weighted by atomic mass is 16.4. The van der Waals surface area contributed by atoms with Gasteiger partial charge in [-0.15, -0.1) is 0 Å². The second-order valence-electron chi connectivity index (χ2n) is 6.84. The van der Waals surface area contributed by atoms with Crippen LogP contribution in [-0.4, -0.2) is 16.6 Å². The number of anilines is 1. The van der Waals surface area contributed by atoms with Crippen LogP contribution in [0.15, 0.2) is 57.7 Å².